The summed E-state index contributed by atoms with van der Waals surface area (Å²) in [5.74, 6) is -0.00762. The van der Waals surface area contributed by atoms with Crippen LogP contribution in [0.5, 0.6) is 0 Å². The molecule has 3 aliphatic rings. The molecule has 140 valence electrons. The van der Waals surface area contributed by atoms with Crippen LogP contribution in [-0.4, -0.2) is 47.1 Å². The maximum Gasteiger partial charge on any atom is 0.317 e. The number of carbonyl (C=O) groups is 2. The number of hydrogen-bond donors (Lipinski definition) is 2. The lowest BCUT2D eigenvalue weighted by Gasteiger charge is -2.43. The number of nitrogens with one attached hydrogen (secondary N) is 1. The molecule has 0 aliphatic heterocycles. The molecule has 0 atom stereocenters. The molecule has 1 aromatic rings. The predicted octanol–water partition coefficient (Wildman–Crippen LogP) is 2.82. The topological polar surface area (TPSA) is 69.6 Å². The summed E-state index contributed by atoms with van der Waals surface area (Å²) in [7, 11) is 0. The van der Waals surface area contributed by atoms with Gasteiger partial charge in [-0.25, -0.2) is 0 Å². The van der Waals surface area contributed by atoms with Crippen molar-refractivity contribution in [2.75, 3.05) is 13.1 Å². The first-order chi connectivity index (χ1) is 12.5. The Hall–Kier alpha value is -1.59. The van der Waals surface area contributed by atoms with E-state index in [1.54, 1.807) is 0 Å². The van der Waals surface area contributed by atoms with Gasteiger partial charge in [-0.15, -0.1) is 0 Å². The lowest BCUT2D eigenvalue weighted by atomic mass is 9.84. The summed E-state index contributed by atoms with van der Waals surface area (Å²) < 4.78 is 0. The third-order valence-electron chi connectivity index (χ3n) is 6.05. The zero-order valence-electron chi connectivity index (χ0n) is 14.8. The minimum absolute atomic E-state index is 0.0928. The van der Waals surface area contributed by atoms with Gasteiger partial charge in [-0.3, -0.25) is 14.5 Å². The number of nitrogens with zero attached hydrogens (tertiary/aromatic N) is 1. The number of rotatable bonds is 8. The normalized spacial score (nSPS) is 26.2. The van der Waals surface area contributed by atoms with Crippen LogP contribution in [0.4, 0.5) is 0 Å². The van der Waals surface area contributed by atoms with E-state index in [2.05, 4.69) is 10.2 Å². The quantitative estimate of drug-likeness (QED) is 0.732. The first-order valence-corrected chi connectivity index (χ1v) is 9.87. The highest BCUT2D eigenvalue weighted by molar-refractivity contribution is 6.30. The maximum atomic E-state index is 12.8. The zero-order valence-corrected chi connectivity index (χ0v) is 15.5. The van der Waals surface area contributed by atoms with Crippen LogP contribution in [0, 0.1) is 5.92 Å². The van der Waals surface area contributed by atoms with Crippen LogP contribution in [0.1, 0.15) is 44.1 Å². The van der Waals surface area contributed by atoms with E-state index in [9.17, 15) is 9.59 Å². The Bertz CT molecular complexity index is 709. The summed E-state index contributed by atoms with van der Waals surface area (Å²) >= 11 is 6.08. The monoisotopic (exact) mass is 376 g/mol. The second-order valence-electron chi connectivity index (χ2n) is 8.15. The number of carboxylic acid groups (broad SMARTS) is 1. The van der Waals surface area contributed by atoms with Crippen molar-refractivity contribution in [3.8, 4) is 0 Å². The molecule has 0 saturated heterocycles. The summed E-state index contributed by atoms with van der Waals surface area (Å²) in [6, 6.07) is 8.02. The van der Waals surface area contributed by atoms with Gasteiger partial charge in [0, 0.05) is 23.7 Å². The van der Waals surface area contributed by atoms with E-state index in [-0.39, 0.29) is 24.5 Å². The van der Waals surface area contributed by atoms with Crippen LogP contribution in [0.2, 0.25) is 5.02 Å². The van der Waals surface area contributed by atoms with Crippen molar-refractivity contribution in [3.05, 3.63) is 34.9 Å². The molecule has 1 amide bonds. The van der Waals surface area contributed by atoms with Gasteiger partial charge in [0.2, 0.25) is 5.91 Å². The molecular formula is C20H25ClN2O3. The molecular weight excluding hydrogens is 352 g/mol. The third kappa shape index (κ3) is 3.74. The number of aliphatic carboxylic acids is 1. The smallest absolute Gasteiger partial charge is 0.317 e. The van der Waals surface area contributed by atoms with Crippen molar-refractivity contribution >= 4 is 23.5 Å². The molecule has 1 aromatic carbocycles. The fourth-order valence-electron chi connectivity index (χ4n) is 4.03. The molecule has 0 bridgehead atoms. The first-order valence-electron chi connectivity index (χ1n) is 9.49. The minimum Gasteiger partial charge on any atom is -0.480 e. The van der Waals surface area contributed by atoms with E-state index in [4.69, 9.17) is 16.7 Å². The van der Waals surface area contributed by atoms with Crippen molar-refractivity contribution in [1.29, 1.82) is 0 Å². The predicted molar refractivity (Wildman–Crippen MR) is 99.2 cm³/mol. The van der Waals surface area contributed by atoms with Gasteiger partial charge in [-0.1, -0.05) is 23.7 Å². The van der Waals surface area contributed by atoms with Gasteiger partial charge in [-0.05, 0) is 62.1 Å². The molecule has 5 nitrogen and oxygen atoms in total. The number of amides is 1. The van der Waals surface area contributed by atoms with Crippen molar-refractivity contribution in [2.45, 2.75) is 56.0 Å². The Morgan fingerprint density at radius 2 is 2.00 bits per heavy atom. The minimum atomic E-state index is -0.768. The van der Waals surface area contributed by atoms with Crippen LogP contribution < -0.4 is 5.32 Å². The highest BCUT2D eigenvalue weighted by Gasteiger charge is 2.52. The average molecular weight is 377 g/mol. The van der Waals surface area contributed by atoms with Crippen LogP contribution in [0.25, 0.3) is 0 Å². The lowest BCUT2D eigenvalue weighted by Crippen LogP contribution is -2.56. The highest BCUT2D eigenvalue weighted by Crippen LogP contribution is 2.49. The standard InChI is InChI=1S/C20H25ClN2O3/c21-15-3-1-2-14(8-15)20(6-7-20)19(26)22-16-9-17(10-16)23(12-18(24)25)11-13-4-5-13/h1-3,8,13,16-17H,4-7,9-12H2,(H,22,26)(H,24,25). The maximum absolute atomic E-state index is 12.8. The number of benzene rings is 1. The number of halogens is 1. The Labute approximate surface area is 158 Å². The summed E-state index contributed by atoms with van der Waals surface area (Å²) in [4.78, 5) is 26.0. The van der Waals surface area contributed by atoms with E-state index < -0.39 is 11.4 Å². The van der Waals surface area contributed by atoms with Gasteiger partial charge in [0.15, 0.2) is 0 Å². The molecule has 0 aromatic heterocycles. The molecule has 3 aliphatic carbocycles. The van der Waals surface area contributed by atoms with E-state index in [0.29, 0.717) is 10.9 Å². The second kappa shape index (κ2) is 6.86. The molecule has 0 radical (unpaired) electrons. The van der Waals surface area contributed by atoms with E-state index in [1.165, 1.54) is 12.8 Å². The van der Waals surface area contributed by atoms with Gasteiger partial charge in [-0.2, -0.15) is 0 Å². The molecule has 0 heterocycles. The van der Waals surface area contributed by atoms with E-state index in [0.717, 1.165) is 37.8 Å². The molecule has 0 spiro atoms. The van der Waals surface area contributed by atoms with Crippen LogP contribution in [0.15, 0.2) is 24.3 Å². The average Bonchev–Trinajstić information content (AvgIpc) is 3.42. The van der Waals surface area contributed by atoms with Crippen LogP contribution in [0.3, 0.4) is 0 Å². The third-order valence-corrected chi connectivity index (χ3v) is 6.29. The van der Waals surface area contributed by atoms with Gasteiger partial charge < -0.3 is 10.4 Å². The fraction of sp³-hybridized carbons (Fsp3) is 0.600. The Morgan fingerprint density at radius 1 is 1.27 bits per heavy atom. The Kier molecular flexibility index (Phi) is 4.70. The highest BCUT2D eigenvalue weighted by atomic mass is 35.5. The molecule has 6 heteroatoms. The van der Waals surface area contributed by atoms with Crippen molar-refractivity contribution in [2.24, 2.45) is 5.92 Å². The first kappa shape index (κ1) is 17.8. The van der Waals surface area contributed by atoms with Gasteiger partial charge in [0.25, 0.3) is 0 Å². The zero-order chi connectivity index (χ0) is 18.3. The van der Waals surface area contributed by atoms with Crippen LogP contribution >= 0.6 is 11.6 Å². The van der Waals surface area contributed by atoms with Crippen LogP contribution in [-0.2, 0) is 15.0 Å². The Morgan fingerprint density at radius 3 is 2.58 bits per heavy atom. The summed E-state index contributed by atoms with van der Waals surface area (Å²) in [6.45, 7) is 0.984. The summed E-state index contributed by atoms with van der Waals surface area (Å²) in [5, 5.41) is 13.0. The fourth-order valence-corrected chi connectivity index (χ4v) is 4.22. The molecule has 3 fully saturated rings. The molecule has 3 saturated carbocycles. The van der Waals surface area contributed by atoms with Crippen molar-refractivity contribution < 1.29 is 14.7 Å². The van der Waals surface area contributed by atoms with Crippen molar-refractivity contribution in [1.82, 2.24) is 10.2 Å². The van der Waals surface area contributed by atoms with Gasteiger partial charge in [0.05, 0.1) is 12.0 Å². The molecule has 26 heavy (non-hydrogen) atoms. The SMILES string of the molecule is O=C(O)CN(CC1CC1)C1CC(NC(=O)C2(c3cccc(Cl)c3)CC2)C1. The second-order valence-corrected chi connectivity index (χ2v) is 8.59. The molecule has 2 N–H and O–H groups in total. The van der Waals surface area contributed by atoms with Gasteiger partial charge >= 0.3 is 5.97 Å². The Balaban J connectivity index is 1.32. The summed E-state index contributed by atoms with van der Waals surface area (Å²) in [6.07, 6.45) is 5.84. The van der Waals surface area contributed by atoms with Crippen molar-refractivity contribution in [3.63, 3.8) is 0 Å². The van der Waals surface area contributed by atoms with Gasteiger partial charge in [0.1, 0.15) is 0 Å². The number of carboxylic acids is 1. The number of carbonyl (C=O) groups excluding carboxylic acids is 1. The largest absolute Gasteiger partial charge is 0.480 e. The lowest BCUT2D eigenvalue weighted by molar-refractivity contribution is -0.140. The number of hydrogen-bond acceptors (Lipinski definition) is 3. The molecule has 0 unspecified atom stereocenters. The molecule has 4 rings (SSSR count). The van der Waals surface area contributed by atoms with E-state index >= 15 is 0 Å². The summed E-state index contributed by atoms with van der Waals surface area (Å²) in [5.41, 5.74) is 0.588. The van der Waals surface area contributed by atoms with E-state index in [1.807, 2.05) is 24.3 Å².